The van der Waals surface area contributed by atoms with E-state index >= 15 is 0 Å². The van der Waals surface area contributed by atoms with Crippen molar-refractivity contribution in [3.05, 3.63) is 63.1 Å². The number of nitrogens with zero attached hydrogens (tertiary/aromatic N) is 1. The zero-order chi connectivity index (χ0) is 20.8. The van der Waals surface area contributed by atoms with Gasteiger partial charge in [0.1, 0.15) is 15.8 Å². The summed E-state index contributed by atoms with van der Waals surface area (Å²) in [5.74, 6) is 1.69. The van der Waals surface area contributed by atoms with Crippen molar-refractivity contribution in [2.24, 2.45) is 0 Å². The van der Waals surface area contributed by atoms with E-state index < -0.39 is 0 Å². The normalized spacial score (nSPS) is 10.6. The summed E-state index contributed by atoms with van der Waals surface area (Å²) in [5, 5.41) is 5.97. The molecule has 0 aliphatic heterocycles. The Hall–Kier alpha value is -1.93. The summed E-state index contributed by atoms with van der Waals surface area (Å²) in [5.41, 5.74) is 2.25. The maximum atomic E-state index is 12.4. The van der Waals surface area contributed by atoms with E-state index in [2.05, 4.69) is 10.3 Å². The second-order valence-corrected chi connectivity index (χ2v) is 8.84. The van der Waals surface area contributed by atoms with Gasteiger partial charge in [-0.25, -0.2) is 4.98 Å². The number of amides is 1. The van der Waals surface area contributed by atoms with Gasteiger partial charge in [0, 0.05) is 27.2 Å². The van der Waals surface area contributed by atoms with E-state index in [4.69, 9.17) is 32.7 Å². The minimum atomic E-state index is -0.181. The van der Waals surface area contributed by atoms with Crippen LogP contribution in [0.15, 0.2) is 46.1 Å². The second kappa shape index (κ2) is 10.2. The third-order valence-corrected chi connectivity index (χ3v) is 6.62. The molecule has 3 aromatic rings. The first-order valence-electron chi connectivity index (χ1n) is 8.51. The molecule has 2 aromatic carbocycles. The molecule has 0 fully saturated rings. The van der Waals surface area contributed by atoms with Gasteiger partial charge in [-0.1, -0.05) is 41.0 Å². The Balaban J connectivity index is 1.59. The average Bonchev–Trinajstić information content (AvgIpc) is 3.14. The lowest BCUT2D eigenvalue weighted by molar-refractivity contribution is -0.115. The van der Waals surface area contributed by atoms with Crippen LogP contribution in [0.2, 0.25) is 10.0 Å². The molecule has 1 aromatic heterocycles. The highest BCUT2D eigenvalue weighted by molar-refractivity contribution is 8.00. The molecule has 3 rings (SSSR count). The summed E-state index contributed by atoms with van der Waals surface area (Å²) in [6.45, 7) is 0. The molecule has 0 atom stereocenters. The summed E-state index contributed by atoms with van der Waals surface area (Å²) < 4.78 is 11.4. The third kappa shape index (κ3) is 6.02. The van der Waals surface area contributed by atoms with Crippen molar-refractivity contribution in [2.45, 2.75) is 16.5 Å². The zero-order valence-electron chi connectivity index (χ0n) is 15.7. The number of benzene rings is 2. The van der Waals surface area contributed by atoms with Crippen LogP contribution in [0.4, 0.5) is 5.69 Å². The number of thioether (sulfide) groups is 1. The van der Waals surface area contributed by atoms with Crippen LogP contribution >= 0.6 is 46.3 Å². The fraction of sp³-hybridized carbons (Fsp3) is 0.200. The van der Waals surface area contributed by atoms with Crippen molar-refractivity contribution in [1.82, 2.24) is 4.98 Å². The molecule has 0 saturated carbocycles. The van der Waals surface area contributed by atoms with Gasteiger partial charge in [0.05, 0.1) is 32.0 Å². The standard InChI is InChI=1S/C20H18Cl2N2O3S2/c1-26-15-5-6-18(27-2)17(9-15)24-19(25)8-14-11-29-20(23-14)28-10-12-3-4-13(21)7-16(12)22/h3-7,9,11H,8,10H2,1-2H3,(H,24,25). The zero-order valence-corrected chi connectivity index (χ0v) is 18.8. The Kier molecular flexibility index (Phi) is 7.66. The molecule has 0 aliphatic rings. The predicted molar refractivity (Wildman–Crippen MR) is 120 cm³/mol. The highest BCUT2D eigenvalue weighted by Gasteiger charge is 2.12. The number of ether oxygens (including phenoxy) is 2. The van der Waals surface area contributed by atoms with Crippen LogP contribution in [0.25, 0.3) is 0 Å². The van der Waals surface area contributed by atoms with Gasteiger partial charge < -0.3 is 14.8 Å². The van der Waals surface area contributed by atoms with Crippen LogP contribution in [0.1, 0.15) is 11.3 Å². The van der Waals surface area contributed by atoms with Crippen molar-refractivity contribution >= 4 is 57.9 Å². The first kappa shape index (κ1) is 21.8. The smallest absolute Gasteiger partial charge is 0.230 e. The van der Waals surface area contributed by atoms with Crippen molar-refractivity contribution < 1.29 is 14.3 Å². The summed E-state index contributed by atoms with van der Waals surface area (Å²) >= 11 is 15.2. The number of carbonyl (C=O) groups is 1. The van der Waals surface area contributed by atoms with Gasteiger partial charge >= 0.3 is 0 Å². The number of nitrogens with one attached hydrogen (secondary N) is 1. The number of methoxy groups -OCH3 is 2. The summed E-state index contributed by atoms with van der Waals surface area (Å²) in [6.07, 6.45) is 0.166. The van der Waals surface area contributed by atoms with E-state index in [-0.39, 0.29) is 12.3 Å². The second-order valence-electron chi connectivity index (χ2n) is 5.92. The molecule has 29 heavy (non-hydrogen) atoms. The quantitative estimate of drug-likeness (QED) is 0.414. The van der Waals surface area contributed by atoms with Crippen LogP contribution in [0.5, 0.6) is 11.5 Å². The highest BCUT2D eigenvalue weighted by atomic mass is 35.5. The molecule has 1 heterocycles. The number of thiazole rings is 1. The number of anilines is 1. The fourth-order valence-electron chi connectivity index (χ4n) is 2.48. The molecule has 0 radical (unpaired) electrons. The summed E-state index contributed by atoms with van der Waals surface area (Å²) in [7, 11) is 3.12. The number of halogens is 2. The van der Waals surface area contributed by atoms with Gasteiger partial charge in [0.25, 0.3) is 0 Å². The van der Waals surface area contributed by atoms with E-state index in [9.17, 15) is 4.79 Å². The van der Waals surface area contributed by atoms with Crippen LogP contribution < -0.4 is 14.8 Å². The Bertz CT molecular complexity index is 1010. The Morgan fingerprint density at radius 2 is 2.00 bits per heavy atom. The molecule has 0 aliphatic carbocycles. The number of hydrogen-bond acceptors (Lipinski definition) is 6. The lowest BCUT2D eigenvalue weighted by Crippen LogP contribution is -2.15. The van der Waals surface area contributed by atoms with E-state index in [0.717, 1.165) is 9.90 Å². The van der Waals surface area contributed by atoms with E-state index in [1.54, 1.807) is 50.2 Å². The van der Waals surface area contributed by atoms with Crippen LogP contribution in [-0.2, 0) is 17.0 Å². The third-order valence-electron chi connectivity index (χ3n) is 3.92. The molecular weight excluding hydrogens is 451 g/mol. The number of rotatable bonds is 8. The summed E-state index contributed by atoms with van der Waals surface area (Å²) in [6, 6.07) is 10.7. The van der Waals surface area contributed by atoms with Crippen molar-refractivity contribution in [3.8, 4) is 11.5 Å². The van der Waals surface area contributed by atoms with E-state index in [1.165, 1.54) is 11.3 Å². The average molecular weight is 469 g/mol. The van der Waals surface area contributed by atoms with E-state index in [1.807, 2.05) is 17.5 Å². The molecule has 9 heteroatoms. The van der Waals surface area contributed by atoms with E-state index in [0.29, 0.717) is 38.7 Å². The molecule has 1 N–H and O–H groups in total. The number of aromatic nitrogens is 1. The highest BCUT2D eigenvalue weighted by Crippen LogP contribution is 2.31. The van der Waals surface area contributed by atoms with Gasteiger partial charge in [-0.15, -0.1) is 11.3 Å². The maximum absolute atomic E-state index is 12.4. The first-order valence-corrected chi connectivity index (χ1v) is 11.1. The molecule has 1 amide bonds. The van der Waals surface area contributed by atoms with Gasteiger partial charge in [-0.3, -0.25) is 4.79 Å². The molecule has 0 bridgehead atoms. The number of carbonyl (C=O) groups excluding carboxylic acids is 1. The molecule has 0 saturated heterocycles. The van der Waals surface area contributed by atoms with Gasteiger partial charge in [0.2, 0.25) is 5.91 Å². The molecule has 0 unspecified atom stereocenters. The minimum absolute atomic E-state index is 0.166. The Labute approximate surface area is 187 Å². The molecule has 152 valence electrons. The summed E-state index contributed by atoms with van der Waals surface area (Å²) in [4.78, 5) is 17.0. The van der Waals surface area contributed by atoms with Crippen molar-refractivity contribution in [3.63, 3.8) is 0 Å². The number of hydrogen-bond donors (Lipinski definition) is 1. The van der Waals surface area contributed by atoms with Crippen molar-refractivity contribution in [2.75, 3.05) is 19.5 Å². The van der Waals surface area contributed by atoms with Gasteiger partial charge in [0.15, 0.2) is 0 Å². The Morgan fingerprint density at radius 3 is 2.72 bits per heavy atom. The largest absolute Gasteiger partial charge is 0.497 e. The molecular formula is C20H18Cl2N2O3S2. The van der Waals surface area contributed by atoms with Crippen molar-refractivity contribution in [1.29, 1.82) is 0 Å². The molecule has 5 nitrogen and oxygen atoms in total. The van der Waals surface area contributed by atoms with Gasteiger partial charge in [-0.05, 0) is 29.8 Å². The lowest BCUT2D eigenvalue weighted by Gasteiger charge is -2.11. The molecule has 0 spiro atoms. The topological polar surface area (TPSA) is 60.5 Å². The lowest BCUT2D eigenvalue weighted by atomic mass is 10.2. The minimum Gasteiger partial charge on any atom is -0.497 e. The Morgan fingerprint density at radius 1 is 1.17 bits per heavy atom. The fourth-order valence-corrected chi connectivity index (χ4v) is 4.89. The van der Waals surface area contributed by atoms with Crippen LogP contribution in [-0.4, -0.2) is 25.1 Å². The predicted octanol–water partition coefficient (Wildman–Crippen LogP) is 5.94. The first-order chi connectivity index (χ1) is 14.0. The SMILES string of the molecule is COc1ccc(OC)c(NC(=O)Cc2csc(SCc3ccc(Cl)cc3Cl)n2)c1. The monoisotopic (exact) mass is 468 g/mol. The van der Waals surface area contributed by atoms with Crippen LogP contribution in [0.3, 0.4) is 0 Å². The maximum Gasteiger partial charge on any atom is 0.230 e. The van der Waals surface area contributed by atoms with Crippen LogP contribution in [0, 0.1) is 0 Å². The van der Waals surface area contributed by atoms with Gasteiger partial charge in [-0.2, -0.15) is 0 Å².